The van der Waals surface area contributed by atoms with E-state index in [9.17, 15) is 9.59 Å². The van der Waals surface area contributed by atoms with Crippen molar-refractivity contribution in [1.29, 1.82) is 0 Å². The number of carbonyl (C=O) groups is 1. The summed E-state index contributed by atoms with van der Waals surface area (Å²) in [6.07, 6.45) is 1.59. The van der Waals surface area contributed by atoms with Crippen LogP contribution in [0.3, 0.4) is 0 Å². The number of hydrogen-bond acceptors (Lipinski definition) is 2. The van der Waals surface area contributed by atoms with Crippen LogP contribution in [0, 0.1) is 6.92 Å². The Hall–Kier alpha value is -1.88. The van der Waals surface area contributed by atoms with Gasteiger partial charge < -0.3 is 9.88 Å². The number of nitrogens with zero attached hydrogens (tertiary/aromatic N) is 1. The third-order valence-corrected chi connectivity index (χ3v) is 3.65. The van der Waals surface area contributed by atoms with E-state index in [2.05, 4.69) is 21.2 Å². The maximum absolute atomic E-state index is 12.1. The summed E-state index contributed by atoms with van der Waals surface area (Å²) in [5.74, 6) is -0.200. The number of amides is 1. The molecule has 0 aliphatic carbocycles. The Labute approximate surface area is 119 Å². The molecule has 0 radical (unpaired) electrons. The van der Waals surface area contributed by atoms with Gasteiger partial charge in [0.1, 0.15) is 0 Å². The van der Waals surface area contributed by atoms with Crippen LogP contribution in [-0.4, -0.2) is 10.5 Å². The van der Waals surface area contributed by atoms with E-state index in [1.54, 1.807) is 31.4 Å². The topological polar surface area (TPSA) is 51.1 Å². The quantitative estimate of drug-likeness (QED) is 0.925. The number of halogens is 1. The van der Waals surface area contributed by atoms with E-state index < -0.39 is 0 Å². The molecule has 1 aromatic heterocycles. The Balaban J connectivity index is 2.22. The Morgan fingerprint density at radius 2 is 2.00 bits per heavy atom. The zero-order valence-corrected chi connectivity index (χ0v) is 12.2. The molecule has 4 nitrogen and oxygen atoms in total. The zero-order valence-electron chi connectivity index (χ0n) is 10.6. The van der Waals surface area contributed by atoms with Crippen LogP contribution in [-0.2, 0) is 7.05 Å². The number of nitrogens with one attached hydrogen (secondary N) is 1. The third kappa shape index (κ3) is 3.12. The lowest BCUT2D eigenvalue weighted by Gasteiger charge is -2.07. The van der Waals surface area contributed by atoms with Gasteiger partial charge in [0, 0.05) is 29.3 Å². The molecule has 0 saturated carbocycles. The Morgan fingerprint density at radius 3 is 2.63 bits per heavy atom. The Kier molecular flexibility index (Phi) is 3.85. The molecule has 0 spiro atoms. The van der Waals surface area contributed by atoms with E-state index in [-0.39, 0.29) is 11.5 Å². The van der Waals surface area contributed by atoms with Crippen LogP contribution < -0.4 is 10.9 Å². The van der Waals surface area contributed by atoms with Crippen LogP contribution in [0.2, 0.25) is 0 Å². The van der Waals surface area contributed by atoms with Gasteiger partial charge in [0.15, 0.2) is 0 Å². The summed E-state index contributed by atoms with van der Waals surface area (Å²) in [6.45, 7) is 1.92. The number of aromatic nitrogens is 1. The summed E-state index contributed by atoms with van der Waals surface area (Å²) >= 11 is 3.39. The molecule has 19 heavy (non-hydrogen) atoms. The summed E-state index contributed by atoms with van der Waals surface area (Å²) in [7, 11) is 1.64. The van der Waals surface area contributed by atoms with Gasteiger partial charge in [-0.05, 0) is 36.8 Å². The number of aryl methyl sites for hydroxylation is 2. The van der Waals surface area contributed by atoms with Crippen molar-refractivity contribution in [3.05, 3.63) is 62.5 Å². The molecule has 0 aliphatic heterocycles. The molecule has 0 unspecified atom stereocenters. The molecule has 1 amide bonds. The molecule has 0 aliphatic rings. The minimum Gasteiger partial charge on any atom is -0.321 e. The van der Waals surface area contributed by atoms with E-state index in [1.165, 1.54) is 10.6 Å². The normalized spacial score (nSPS) is 10.3. The fraction of sp³-hybridized carbons (Fsp3) is 0.143. The molecule has 2 rings (SSSR count). The highest BCUT2D eigenvalue weighted by Crippen LogP contribution is 2.17. The standard InChI is InChI=1S/C14H13BrN2O2/c1-9-7-10(3-5-12(9)15)14(19)16-11-4-6-13(18)17(2)8-11/h3-8H,1-2H3,(H,16,19). The highest BCUT2D eigenvalue weighted by molar-refractivity contribution is 9.10. The van der Waals surface area contributed by atoms with E-state index in [0.717, 1.165) is 10.0 Å². The number of rotatable bonds is 2. The first-order chi connectivity index (χ1) is 8.97. The van der Waals surface area contributed by atoms with Gasteiger partial charge in [-0.25, -0.2) is 0 Å². The summed E-state index contributed by atoms with van der Waals surface area (Å²) in [4.78, 5) is 23.3. The number of carbonyl (C=O) groups excluding carboxylic acids is 1. The average Bonchev–Trinajstić information content (AvgIpc) is 2.37. The minimum atomic E-state index is -0.200. The summed E-state index contributed by atoms with van der Waals surface area (Å²) in [5.41, 5.74) is 2.05. The molecule has 0 atom stereocenters. The summed E-state index contributed by atoms with van der Waals surface area (Å²) in [5, 5.41) is 2.76. The van der Waals surface area contributed by atoms with Crippen molar-refractivity contribution in [2.45, 2.75) is 6.92 Å². The van der Waals surface area contributed by atoms with Crippen molar-refractivity contribution in [3.63, 3.8) is 0 Å². The van der Waals surface area contributed by atoms with Crippen LogP contribution in [0.15, 0.2) is 45.8 Å². The molecule has 0 bridgehead atoms. The van der Waals surface area contributed by atoms with Gasteiger partial charge in [0.2, 0.25) is 5.56 Å². The predicted octanol–water partition coefficient (Wildman–Crippen LogP) is 2.71. The number of hydrogen-bond donors (Lipinski definition) is 1. The van der Waals surface area contributed by atoms with Gasteiger partial charge in [-0.15, -0.1) is 0 Å². The van der Waals surface area contributed by atoms with E-state index in [0.29, 0.717) is 11.3 Å². The molecular weight excluding hydrogens is 308 g/mol. The third-order valence-electron chi connectivity index (χ3n) is 2.76. The first kappa shape index (κ1) is 13.5. The summed E-state index contributed by atoms with van der Waals surface area (Å²) < 4.78 is 2.38. The lowest BCUT2D eigenvalue weighted by atomic mass is 10.1. The first-order valence-corrected chi connectivity index (χ1v) is 6.51. The molecule has 2 aromatic rings. The minimum absolute atomic E-state index is 0.113. The van der Waals surface area contributed by atoms with Crippen molar-refractivity contribution < 1.29 is 4.79 Å². The average molecular weight is 321 g/mol. The van der Waals surface area contributed by atoms with Gasteiger partial charge in [0.25, 0.3) is 5.91 Å². The Bertz CT molecular complexity index is 692. The predicted molar refractivity (Wildman–Crippen MR) is 78.5 cm³/mol. The van der Waals surface area contributed by atoms with Gasteiger partial charge >= 0.3 is 0 Å². The molecule has 1 N–H and O–H groups in total. The molecule has 5 heteroatoms. The van der Waals surface area contributed by atoms with Crippen molar-refractivity contribution in [2.24, 2.45) is 7.05 Å². The van der Waals surface area contributed by atoms with E-state index in [4.69, 9.17) is 0 Å². The van der Waals surface area contributed by atoms with Gasteiger partial charge in [0.05, 0.1) is 5.69 Å². The van der Waals surface area contributed by atoms with Crippen molar-refractivity contribution in [3.8, 4) is 0 Å². The molecule has 1 aromatic carbocycles. The van der Waals surface area contributed by atoms with Crippen LogP contribution in [0.4, 0.5) is 5.69 Å². The highest BCUT2D eigenvalue weighted by atomic mass is 79.9. The lowest BCUT2D eigenvalue weighted by molar-refractivity contribution is 0.102. The van der Waals surface area contributed by atoms with Crippen LogP contribution in [0.25, 0.3) is 0 Å². The van der Waals surface area contributed by atoms with Crippen LogP contribution in [0.5, 0.6) is 0 Å². The van der Waals surface area contributed by atoms with Crippen LogP contribution >= 0.6 is 15.9 Å². The molecule has 0 fully saturated rings. The Morgan fingerprint density at radius 1 is 1.26 bits per heavy atom. The fourth-order valence-electron chi connectivity index (χ4n) is 1.66. The van der Waals surface area contributed by atoms with Crippen LogP contribution in [0.1, 0.15) is 15.9 Å². The maximum Gasteiger partial charge on any atom is 0.255 e. The molecule has 0 saturated heterocycles. The number of anilines is 1. The van der Waals surface area contributed by atoms with Gasteiger partial charge in [-0.3, -0.25) is 9.59 Å². The van der Waals surface area contributed by atoms with Crippen molar-refractivity contribution in [1.82, 2.24) is 4.57 Å². The van der Waals surface area contributed by atoms with E-state index >= 15 is 0 Å². The first-order valence-electron chi connectivity index (χ1n) is 5.71. The van der Waals surface area contributed by atoms with E-state index in [1.807, 2.05) is 13.0 Å². The SMILES string of the molecule is Cc1cc(C(=O)Nc2ccc(=O)n(C)c2)ccc1Br. The zero-order chi connectivity index (χ0) is 14.0. The van der Waals surface area contributed by atoms with Crippen molar-refractivity contribution in [2.75, 3.05) is 5.32 Å². The smallest absolute Gasteiger partial charge is 0.255 e. The second-order valence-electron chi connectivity index (χ2n) is 4.29. The van der Waals surface area contributed by atoms with Gasteiger partial charge in [-0.1, -0.05) is 15.9 Å². The molecule has 1 heterocycles. The fourth-order valence-corrected chi connectivity index (χ4v) is 1.90. The molecule has 98 valence electrons. The molecular formula is C14H13BrN2O2. The second-order valence-corrected chi connectivity index (χ2v) is 5.14. The lowest BCUT2D eigenvalue weighted by Crippen LogP contribution is -2.18. The largest absolute Gasteiger partial charge is 0.321 e. The highest BCUT2D eigenvalue weighted by Gasteiger charge is 2.07. The monoisotopic (exact) mass is 320 g/mol. The number of benzene rings is 1. The van der Waals surface area contributed by atoms with Gasteiger partial charge in [-0.2, -0.15) is 0 Å². The summed E-state index contributed by atoms with van der Waals surface area (Å²) in [6, 6.07) is 8.40. The second kappa shape index (κ2) is 5.40. The van der Waals surface area contributed by atoms with Crippen molar-refractivity contribution >= 4 is 27.5 Å². The maximum atomic E-state index is 12.1. The number of pyridine rings is 1.